The molecule has 0 amide bonds. The molecule has 0 radical (unpaired) electrons. The molecule has 0 spiro atoms. The molecule has 0 saturated carbocycles. The van der Waals surface area contributed by atoms with Crippen molar-refractivity contribution in [3.63, 3.8) is 0 Å². The number of halogens is 1. The molecule has 1 heterocycles. The van der Waals surface area contributed by atoms with Gasteiger partial charge in [0.1, 0.15) is 17.4 Å². The van der Waals surface area contributed by atoms with Crippen molar-refractivity contribution in [1.29, 1.82) is 5.26 Å². The second-order valence-electron chi connectivity index (χ2n) is 5.76. The monoisotopic (exact) mass is 313 g/mol. The zero-order valence-corrected chi connectivity index (χ0v) is 13.8. The molecule has 0 atom stereocenters. The lowest BCUT2D eigenvalue weighted by Gasteiger charge is -2.13. The maximum atomic E-state index is 13.8. The normalized spacial score (nSPS) is 10.7. The van der Waals surface area contributed by atoms with Crippen molar-refractivity contribution in [3.05, 3.63) is 52.0 Å². The number of hydrogen-bond donors (Lipinski definition) is 1. The summed E-state index contributed by atoms with van der Waals surface area (Å²) in [7, 11) is 3.79. The van der Waals surface area contributed by atoms with E-state index in [1.165, 1.54) is 6.07 Å². The molecule has 0 aliphatic carbocycles. The van der Waals surface area contributed by atoms with Crippen molar-refractivity contribution < 1.29 is 4.39 Å². The molecule has 1 aromatic carbocycles. The van der Waals surface area contributed by atoms with Crippen molar-refractivity contribution in [2.24, 2.45) is 0 Å². The Kier molecular flexibility index (Phi) is 5.24. The van der Waals surface area contributed by atoms with Gasteiger partial charge in [0.15, 0.2) is 5.82 Å². The molecule has 1 aromatic heterocycles. The highest BCUT2D eigenvalue weighted by Gasteiger charge is 2.11. The van der Waals surface area contributed by atoms with Gasteiger partial charge in [-0.15, -0.1) is 5.10 Å². The van der Waals surface area contributed by atoms with Crippen LogP contribution in [-0.2, 0) is 13.1 Å². The van der Waals surface area contributed by atoms with Crippen LogP contribution >= 0.6 is 0 Å². The lowest BCUT2D eigenvalue weighted by atomic mass is 10.1. The van der Waals surface area contributed by atoms with Gasteiger partial charge in [-0.3, -0.25) is 0 Å². The number of aromatic nitrogens is 2. The predicted octanol–water partition coefficient (Wildman–Crippen LogP) is 2.78. The number of anilines is 1. The number of benzene rings is 1. The van der Waals surface area contributed by atoms with E-state index < -0.39 is 0 Å². The van der Waals surface area contributed by atoms with Crippen LogP contribution in [0.5, 0.6) is 0 Å². The third-order valence-corrected chi connectivity index (χ3v) is 3.62. The molecule has 0 aliphatic rings. The van der Waals surface area contributed by atoms with E-state index in [1.807, 2.05) is 38.9 Å². The van der Waals surface area contributed by atoms with Crippen molar-refractivity contribution in [1.82, 2.24) is 15.1 Å². The number of nitrogens with one attached hydrogen (secondary N) is 1. The second-order valence-corrected chi connectivity index (χ2v) is 5.76. The molecular weight excluding hydrogens is 293 g/mol. The largest absolute Gasteiger partial charge is 0.363 e. The molecule has 2 aromatic rings. The maximum Gasteiger partial charge on any atom is 0.167 e. The van der Waals surface area contributed by atoms with E-state index in [2.05, 4.69) is 21.6 Å². The van der Waals surface area contributed by atoms with E-state index >= 15 is 0 Å². The van der Waals surface area contributed by atoms with Crippen LogP contribution in [0.4, 0.5) is 10.2 Å². The minimum absolute atomic E-state index is 0.217. The highest BCUT2D eigenvalue weighted by Crippen LogP contribution is 2.19. The minimum Gasteiger partial charge on any atom is -0.363 e. The summed E-state index contributed by atoms with van der Waals surface area (Å²) in [5, 5.41) is 20.5. The van der Waals surface area contributed by atoms with Gasteiger partial charge in [0.05, 0.1) is 5.69 Å². The third-order valence-electron chi connectivity index (χ3n) is 3.62. The van der Waals surface area contributed by atoms with Crippen LogP contribution in [0.25, 0.3) is 0 Å². The summed E-state index contributed by atoms with van der Waals surface area (Å²) in [6.45, 7) is 4.65. The topological polar surface area (TPSA) is 64.8 Å². The van der Waals surface area contributed by atoms with Crippen LogP contribution in [-0.4, -0.2) is 29.2 Å². The summed E-state index contributed by atoms with van der Waals surface area (Å²) in [6, 6.07) is 7.17. The number of hydrogen-bond acceptors (Lipinski definition) is 5. The molecule has 2 rings (SSSR count). The number of nitrogens with zero attached hydrogens (tertiary/aromatic N) is 4. The Balaban J connectivity index is 2.19. The average Bonchev–Trinajstić information content (AvgIpc) is 2.51. The van der Waals surface area contributed by atoms with Crippen LogP contribution in [0.3, 0.4) is 0 Å². The van der Waals surface area contributed by atoms with Gasteiger partial charge in [-0.25, -0.2) is 4.39 Å². The molecule has 0 unspecified atom stereocenters. The highest BCUT2D eigenvalue weighted by atomic mass is 19.1. The van der Waals surface area contributed by atoms with E-state index in [1.54, 1.807) is 6.07 Å². The van der Waals surface area contributed by atoms with Crippen molar-refractivity contribution in [2.75, 3.05) is 19.4 Å². The molecule has 120 valence electrons. The molecule has 0 bridgehead atoms. The Morgan fingerprint density at radius 1 is 1.26 bits per heavy atom. The fraction of sp³-hybridized carbons (Fsp3) is 0.353. The van der Waals surface area contributed by atoms with Crippen LogP contribution in [0.15, 0.2) is 18.2 Å². The van der Waals surface area contributed by atoms with E-state index in [0.717, 1.165) is 16.8 Å². The van der Waals surface area contributed by atoms with Crippen molar-refractivity contribution in [2.45, 2.75) is 26.9 Å². The summed E-state index contributed by atoms with van der Waals surface area (Å²) >= 11 is 0. The third kappa shape index (κ3) is 4.02. The number of rotatable bonds is 5. The fourth-order valence-electron chi connectivity index (χ4n) is 2.25. The van der Waals surface area contributed by atoms with Gasteiger partial charge in [0.25, 0.3) is 0 Å². The average molecular weight is 313 g/mol. The quantitative estimate of drug-likeness (QED) is 0.919. The van der Waals surface area contributed by atoms with Gasteiger partial charge in [0.2, 0.25) is 0 Å². The minimum atomic E-state index is -0.217. The van der Waals surface area contributed by atoms with Gasteiger partial charge in [-0.2, -0.15) is 10.4 Å². The molecule has 0 saturated heterocycles. The van der Waals surface area contributed by atoms with Gasteiger partial charge in [0, 0.05) is 18.7 Å². The summed E-state index contributed by atoms with van der Waals surface area (Å²) in [4.78, 5) is 1.91. The lowest BCUT2D eigenvalue weighted by molar-refractivity contribution is 0.392. The second kappa shape index (κ2) is 7.16. The Morgan fingerprint density at radius 2 is 2.00 bits per heavy atom. The summed E-state index contributed by atoms with van der Waals surface area (Å²) < 4.78 is 13.8. The smallest absolute Gasteiger partial charge is 0.167 e. The van der Waals surface area contributed by atoms with Crippen LogP contribution in [0, 0.1) is 31.0 Å². The summed E-state index contributed by atoms with van der Waals surface area (Å²) in [6.07, 6.45) is 0. The van der Waals surface area contributed by atoms with E-state index in [0.29, 0.717) is 30.0 Å². The van der Waals surface area contributed by atoms with E-state index in [9.17, 15) is 9.65 Å². The molecule has 5 nitrogen and oxygen atoms in total. The Labute approximate surface area is 135 Å². The number of aryl methyl sites for hydroxylation is 1. The van der Waals surface area contributed by atoms with Crippen LogP contribution in [0.1, 0.15) is 27.9 Å². The predicted molar refractivity (Wildman–Crippen MR) is 87.3 cm³/mol. The standard InChI is InChI=1S/C17H20FN5/c1-11-12(2)21-22-17(15(11)8-19)20-9-13-5-6-16(18)14(7-13)10-23(3)4/h5-7H,9-10H2,1-4H3,(H,20,22). The Bertz CT molecular complexity index is 749. The first kappa shape index (κ1) is 16.8. The first-order valence-electron chi connectivity index (χ1n) is 7.32. The first-order valence-corrected chi connectivity index (χ1v) is 7.32. The molecule has 1 N–H and O–H groups in total. The lowest BCUT2D eigenvalue weighted by Crippen LogP contribution is -2.13. The first-order chi connectivity index (χ1) is 10.9. The zero-order valence-electron chi connectivity index (χ0n) is 13.8. The zero-order chi connectivity index (χ0) is 17.0. The van der Waals surface area contributed by atoms with Gasteiger partial charge < -0.3 is 10.2 Å². The van der Waals surface area contributed by atoms with Gasteiger partial charge in [-0.1, -0.05) is 6.07 Å². The molecule has 0 aliphatic heterocycles. The van der Waals surface area contributed by atoms with E-state index in [-0.39, 0.29) is 5.82 Å². The summed E-state index contributed by atoms with van der Waals surface area (Å²) in [5.41, 5.74) is 3.61. The fourth-order valence-corrected chi connectivity index (χ4v) is 2.25. The maximum absolute atomic E-state index is 13.8. The Morgan fingerprint density at radius 3 is 2.65 bits per heavy atom. The molecule has 23 heavy (non-hydrogen) atoms. The van der Waals surface area contributed by atoms with Crippen LogP contribution < -0.4 is 5.32 Å². The highest BCUT2D eigenvalue weighted by molar-refractivity contribution is 5.56. The number of nitriles is 1. The van der Waals surface area contributed by atoms with Gasteiger partial charge in [-0.05, 0) is 51.2 Å². The van der Waals surface area contributed by atoms with Gasteiger partial charge >= 0.3 is 0 Å². The van der Waals surface area contributed by atoms with Crippen LogP contribution in [0.2, 0.25) is 0 Å². The molecular formula is C17H20FN5. The SMILES string of the molecule is Cc1nnc(NCc2ccc(F)c(CN(C)C)c2)c(C#N)c1C. The van der Waals surface area contributed by atoms with Crippen molar-refractivity contribution >= 4 is 5.82 Å². The van der Waals surface area contributed by atoms with E-state index in [4.69, 9.17) is 0 Å². The molecule has 6 heteroatoms. The Hall–Kier alpha value is -2.52. The van der Waals surface area contributed by atoms with Crippen molar-refractivity contribution in [3.8, 4) is 6.07 Å². The molecule has 0 fully saturated rings. The summed E-state index contributed by atoms with van der Waals surface area (Å²) in [5.74, 6) is 0.236.